The number of aliphatic hydroxyl groups excluding tert-OH is 1. The van der Waals surface area contributed by atoms with Crippen molar-refractivity contribution in [1.29, 1.82) is 0 Å². The molecule has 2 fully saturated rings. The maximum Gasteiger partial charge on any atom is 0.433 e. The van der Waals surface area contributed by atoms with Crippen molar-refractivity contribution in [2.45, 2.75) is 31.5 Å². The third-order valence-corrected chi connectivity index (χ3v) is 5.27. The molecule has 2 saturated heterocycles. The van der Waals surface area contributed by atoms with Gasteiger partial charge in [-0.15, -0.1) is 0 Å². The van der Waals surface area contributed by atoms with Gasteiger partial charge in [-0.05, 0) is 38.4 Å². The normalized spacial score (nSPS) is 28.4. The first-order chi connectivity index (χ1) is 11.7. The summed E-state index contributed by atoms with van der Waals surface area (Å²) >= 11 is 0. The van der Waals surface area contributed by atoms with Crippen LogP contribution in [-0.2, 0) is 6.18 Å². The average molecular weight is 357 g/mol. The highest BCUT2D eigenvalue weighted by Gasteiger charge is 2.45. The van der Waals surface area contributed by atoms with E-state index in [1.54, 1.807) is 4.90 Å². The van der Waals surface area contributed by atoms with E-state index in [9.17, 15) is 23.1 Å². The van der Waals surface area contributed by atoms with Crippen molar-refractivity contribution in [1.82, 2.24) is 14.8 Å². The zero-order chi connectivity index (χ0) is 18.2. The van der Waals surface area contributed by atoms with Crippen LogP contribution in [0, 0.1) is 5.41 Å². The molecule has 8 heteroatoms. The lowest BCUT2D eigenvalue weighted by molar-refractivity contribution is -0.141. The van der Waals surface area contributed by atoms with E-state index in [1.807, 2.05) is 7.05 Å². The molecular formula is C17H22F3N3O2. The SMILES string of the molecule is CN1CC[C@H](O)[C@@]2(CCCN(C(=O)c3ccc(C(F)(F)F)nc3)C2)C1. The number of carbonyl (C=O) groups is 1. The van der Waals surface area contributed by atoms with Crippen LogP contribution in [0.15, 0.2) is 18.3 Å². The summed E-state index contributed by atoms with van der Waals surface area (Å²) < 4.78 is 37.8. The highest BCUT2D eigenvalue weighted by atomic mass is 19.4. The largest absolute Gasteiger partial charge is 0.433 e. The number of likely N-dealkylation sites (tertiary alicyclic amines) is 2. The van der Waals surface area contributed by atoms with Crippen LogP contribution in [0.5, 0.6) is 0 Å². The number of hydrogen-bond acceptors (Lipinski definition) is 4. The van der Waals surface area contributed by atoms with E-state index in [4.69, 9.17) is 0 Å². The van der Waals surface area contributed by atoms with Gasteiger partial charge in [0.1, 0.15) is 5.69 Å². The predicted molar refractivity (Wildman–Crippen MR) is 84.9 cm³/mol. The number of alkyl halides is 3. The number of aromatic nitrogens is 1. The molecule has 2 atom stereocenters. The molecule has 1 aromatic heterocycles. The van der Waals surface area contributed by atoms with E-state index in [0.717, 1.165) is 31.6 Å². The van der Waals surface area contributed by atoms with Crippen LogP contribution in [0.1, 0.15) is 35.3 Å². The summed E-state index contributed by atoms with van der Waals surface area (Å²) in [7, 11) is 1.99. The number of hydrogen-bond donors (Lipinski definition) is 1. The van der Waals surface area contributed by atoms with Crippen LogP contribution in [0.4, 0.5) is 13.2 Å². The Hall–Kier alpha value is -1.67. The van der Waals surface area contributed by atoms with Gasteiger partial charge < -0.3 is 14.9 Å². The second-order valence-electron chi connectivity index (χ2n) is 7.16. The number of rotatable bonds is 1. The smallest absolute Gasteiger partial charge is 0.392 e. The van der Waals surface area contributed by atoms with Crippen molar-refractivity contribution in [3.8, 4) is 0 Å². The Bertz CT molecular complexity index is 635. The number of piperidine rings is 2. The minimum absolute atomic E-state index is 0.142. The minimum Gasteiger partial charge on any atom is -0.392 e. The third kappa shape index (κ3) is 3.64. The lowest BCUT2D eigenvalue weighted by atomic mass is 9.71. The molecule has 0 saturated carbocycles. The van der Waals surface area contributed by atoms with Gasteiger partial charge in [0.15, 0.2) is 0 Å². The Morgan fingerprint density at radius 1 is 1.32 bits per heavy atom. The fourth-order valence-electron chi connectivity index (χ4n) is 3.98. The molecule has 2 aliphatic heterocycles. The molecule has 3 rings (SSSR count). The highest BCUT2D eigenvalue weighted by Crippen LogP contribution is 2.38. The maximum absolute atomic E-state index is 12.7. The first kappa shape index (κ1) is 18.1. The lowest BCUT2D eigenvalue weighted by Gasteiger charge is -2.50. The van der Waals surface area contributed by atoms with Crippen LogP contribution in [0.25, 0.3) is 0 Å². The van der Waals surface area contributed by atoms with E-state index < -0.39 is 18.0 Å². The van der Waals surface area contributed by atoms with Gasteiger partial charge in [0.05, 0.1) is 11.7 Å². The molecular weight excluding hydrogens is 335 g/mol. The Morgan fingerprint density at radius 3 is 2.72 bits per heavy atom. The Morgan fingerprint density at radius 2 is 2.08 bits per heavy atom. The van der Waals surface area contributed by atoms with E-state index in [2.05, 4.69) is 9.88 Å². The molecule has 25 heavy (non-hydrogen) atoms. The molecule has 1 amide bonds. The van der Waals surface area contributed by atoms with E-state index in [1.165, 1.54) is 6.07 Å². The van der Waals surface area contributed by atoms with Crippen LogP contribution >= 0.6 is 0 Å². The monoisotopic (exact) mass is 357 g/mol. The molecule has 0 bridgehead atoms. The first-order valence-electron chi connectivity index (χ1n) is 8.40. The molecule has 0 aromatic carbocycles. The first-order valence-corrected chi connectivity index (χ1v) is 8.40. The molecule has 5 nitrogen and oxygen atoms in total. The number of pyridine rings is 1. The molecule has 0 radical (unpaired) electrons. The van der Waals surface area contributed by atoms with Crippen molar-refractivity contribution in [3.63, 3.8) is 0 Å². The predicted octanol–water partition coefficient (Wildman–Crippen LogP) is 2.02. The average Bonchev–Trinajstić information content (AvgIpc) is 2.57. The molecule has 0 unspecified atom stereocenters. The van der Waals surface area contributed by atoms with Crippen LogP contribution in [0.3, 0.4) is 0 Å². The van der Waals surface area contributed by atoms with Crippen molar-refractivity contribution < 1.29 is 23.1 Å². The third-order valence-electron chi connectivity index (χ3n) is 5.27. The summed E-state index contributed by atoms with van der Waals surface area (Å²) in [4.78, 5) is 19.8. The van der Waals surface area contributed by atoms with E-state index in [0.29, 0.717) is 26.1 Å². The van der Waals surface area contributed by atoms with E-state index >= 15 is 0 Å². The van der Waals surface area contributed by atoms with Crippen molar-refractivity contribution in [3.05, 3.63) is 29.6 Å². The fraction of sp³-hybridized carbons (Fsp3) is 0.647. The van der Waals surface area contributed by atoms with Gasteiger partial charge in [0.2, 0.25) is 0 Å². The molecule has 1 spiro atoms. The maximum atomic E-state index is 12.7. The van der Waals surface area contributed by atoms with Gasteiger partial charge in [-0.25, -0.2) is 0 Å². The van der Waals surface area contributed by atoms with Crippen molar-refractivity contribution in [2.24, 2.45) is 5.41 Å². The van der Waals surface area contributed by atoms with Gasteiger partial charge in [0.25, 0.3) is 5.91 Å². The summed E-state index contributed by atoms with van der Waals surface area (Å²) in [5.74, 6) is -0.333. The summed E-state index contributed by atoms with van der Waals surface area (Å²) in [5.41, 5.74) is -1.23. The Kier molecular flexibility index (Phi) is 4.76. The van der Waals surface area contributed by atoms with Crippen LogP contribution < -0.4 is 0 Å². The van der Waals surface area contributed by atoms with Crippen LogP contribution in [-0.4, -0.2) is 65.1 Å². The zero-order valence-corrected chi connectivity index (χ0v) is 14.1. The molecule has 138 valence electrons. The number of carbonyl (C=O) groups excluding carboxylic acids is 1. The summed E-state index contributed by atoms with van der Waals surface area (Å²) in [6.07, 6.45) is -1.73. The molecule has 2 aliphatic rings. The van der Waals surface area contributed by atoms with Gasteiger partial charge in [-0.2, -0.15) is 13.2 Å². The summed E-state index contributed by atoms with van der Waals surface area (Å²) in [5, 5.41) is 10.5. The van der Waals surface area contributed by atoms with Gasteiger partial charge in [-0.1, -0.05) is 0 Å². The van der Waals surface area contributed by atoms with Crippen molar-refractivity contribution in [2.75, 3.05) is 33.2 Å². The van der Waals surface area contributed by atoms with Crippen molar-refractivity contribution >= 4 is 5.91 Å². The highest BCUT2D eigenvalue weighted by molar-refractivity contribution is 5.94. The topological polar surface area (TPSA) is 56.7 Å². The molecule has 1 N–H and O–H groups in total. The second-order valence-corrected chi connectivity index (χ2v) is 7.16. The molecule has 0 aliphatic carbocycles. The lowest BCUT2D eigenvalue weighted by Crippen LogP contribution is -2.59. The summed E-state index contributed by atoms with van der Waals surface area (Å²) in [6.45, 7) is 2.49. The fourth-order valence-corrected chi connectivity index (χ4v) is 3.98. The quantitative estimate of drug-likeness (QED) is 0.836. The zero-order valence-electron chi connectivity index (χ0n) is 14.1. The minimum atomic E-state index is -4.52. The van der Waals surface area contributed by atoms with Gasteiger partial charge in [-0.3, -0.25) is 9.78 Å². The number of aliphatic hydroxyl groups is 1. The Balaban J connectivity index is 1.76. The van der Waals surface area contributed by atoms with Crippen LogP contribution in [0.2, 0.25) is 0 Å². The molecule has 3 heterocycles. The number of amides is 1. The second kappa shape index (κ2) is 6.57. The van der Waals surface area contributed by atoms with Gasteiger partial charge in [0, 0.05) is 37.8 Å². The standard InChI is InChI=1S/C17H22F3N3O2/c1-22-8-5-14(24)16(10-22)6-2-7-23(11-16)15(25)12-3-4-13(21-9-12)17(18,19)20/h3-4,9,14,24H,2,5-8,10-11H2,1H3/t14-,16-/m0/s1. The summed E-state index contributed by atoms with van der Waals surface area (Å²) in [6, 6.07) is 2.00. The van der Waals surface area contributed by atoms with E-state index in [-0.39, 0.29) is 16.9 Å². The number of halogens is 3. The Labute approximate surface area is 144 Å². The number of nitrogens with zero attached hydrogens (tertiary/aromatic N) is 3. The van der Waals surface area contributed by atoms with Gasteiger partial charge >= 0.3 is 6.18 Å². The molecule has 1 aromatic rings.